The Bertz CT molecular complexity index is 425. The third-order valence-corrected chi connectivity index (χ3v) is 3.85. The van der Waals surface area contributed by atoms with Gasteiger partial charge in [0.2, 0.25) is 0 Å². The van der Waals surface area contributed by atoms with Gasteiger partial charge in [0, 0.05) is 6.54 Å². The standard InChI is InChI=1S/C19H33NO2/c1-6-10-20(11-7-2)13-17(21)14-22-18-8-9-19(15(3)4)16(5)12-18/h8-9,12,15,17,21H,6-7,10-11,13-14H2,1-5H3/t17-/m1/s1. The lowest BCUT2D eigenvalue weighted by Crippen LogP contribution is -2.36. The molecular weight excluding hydrogens is 274 g/mol. The van der Waals surface area contributed by atoms with Crippen molar-refractivity contribution in [2.45, 2.75) is 59.5 Å². The van der Waals surface area contributed by atoms with E-state index >= 15 is 0 Å². The van der Waals surface area contributed by atoms with Crippen LogP contribution in [0.5, 0.6) is 5.75 Å². The summed E-state index contributed by atoms with van der Waals surface area (Å²) in [6.45, 7) is 14.0. The number of hydrogen-bond donors (Lipinski definition) is 1. The highest BCUT2D eigenvalue weighted by Crippen LogP contribution is 2.23. The van der Waals surface area contributed by atoms with E-state index in [1.54, 1.807) is 0 Å². The van der Waals surface area contributed by atoms with Crippen LogP contribution in [0, 0.1) is 6.92 Å². The topological polar surface area (TPSA) is 32.7 Å². The van der Waals surface area contributed by atoms with Gasteiger partial charge in [-0.1, -0.05) is 33.8 Å². The zero-order chi connectivity index (χ0) is 16.5. The predicted molar refractivity (Wildman–Crippen MR) is 93.8 cm³/mol. The first kappa shape index (κ1) is 19.0. The van der Waals surface area contributed by atoms with Crippen LogP contribution in [-0.4, -0.2) is 42.4 Å². The van der Waals surface area contributed by atoms with E-state index in [1.165, 1.54) is 11.1 Å². The molecule has 22 heavy (non-hydrogen) atoms. The number of ether oxygens (including phenoxy) is 1. The van der Waals surface area contributed by atoms with E-state index in [2.05, 4.69) is 51.7 Å². The molecule has 1 atom stereocenters. The minimum atomic E-state index is -0.441. The van der Waals surface area contributed by atoms with Crippen molar-refractivity contribution in [3.8, 4) is 5.75 Å². The average molecular weight is 307 g/mol. The number of benzene rings is 1. The number of nitrogens with zero attached hydrogens (tertiary/aromatic N) is 1. The van der Waals surface area contributed by atoms with Gasteiger partial charge in [-0.3, -0.25) is 0 Å². The Morgan fingerprint density at radius 3 is 2.27 bits per heavy atom. The summed E-state index contributed by atoms with van der Waals surface area (Å²) in [5.41, 5.74) is 2.60. The van der Waals surface area contributed by atoms with E-state index in [9.17, 15) is 5.11 Å². The van der Waals surface area contributed by atoms with E-state index in [-0.39, 0.29) is 0 Å². The van der Waals surface area contributed by atoms with Crippen molar-refractivity contribution in [1.82, 2.24) is 4.90 Å². The minimum Gasteiger partial charge on any atom is -0.491 e. The molecule has 1 aromatic rings. The number of hydrogen-bond acceptors (Lipinski definition) is 3. The van der Waals surface area contributed by atoms with Crippen molar-refractivity contribution in [1.29, 1.82) is 0 Å². The Morgan fingerprint density at radius 2 is 1.77 bits per heavy atom. The maximum absolute atomic E-state index is 10.2. The summed E-state index contributed by atoms with van der Waals surface area (Å²) in [7, 11) is 0. The van der Waals surface area contributed by atoms with Gasteiger partial charge in [-0.05, 0) is 62.0 Å². The Kier molecular flexibility index (Phi) is 8.51. The second kappa shape index (κ2) is 9.86. The molecule has 0 aliphatic carbocycles. The van der Waals surface area contributed by atoms with Crippen LogP contribution in [0.3, 0.4) is 0 Å². The van der Waals surface area contributed by atoms with Gasteiger partial charge in [0.25, 0.3) is 0 Å². The third-order valence-electron chi connectivity index (χ3n) is 3.85. The monoisotopic (exact) mass is 307 g/mol. The second-order valence-electron chi connectivity index (χ2n) is 6.44. The smallest absolute Gasteiger partial charge is 0.119 e. The molecule has 0 aliphatic rings. The Morgan fingerprint density at radius 1 is 1.14 bits per heavy atom. The molecule has 0 radical (unpaired) electrons. The van der Waals surface area contributed by atoms with Gasteiger partial charge < -0.3 is 14.7 Å². The number of rotatable bonds is 10. The maximum Gasteiger partial charge on any atom is 0.119 e. The lowest BCUT2D eigenvalue weighted by atomic mass is 9.98. The van der Waals surface area contributed by atoms with E-state index in [0.717, 1.165) is 31.7 Å². The Balaban J connectivity index is 2.49. The summed E-state index contributed by atoms with van der Waals surface area (Å²) < 4.78 is 5.76. The van der Waals surface area contributed by atoms with Gasteiger partial charge in [0.1, 0.15) is 18.5 Å². The fourth-order valence-electron chi connectivity index (χ4n) is 2.86. The molecule has 0 saturated carbocycles. The van der Waals surface area contributed by atoms with Crippen LogP contribution in [0.15, 0.2) is 18.2 Å². The summed E-state index contributed by atoms with van der Waals surface area (Å²) >= 11 is 0. The van der Waals surface area contributed by atoms with Crippen LogP contribution in [-0.2, 0) is 0 Å². The Labute approximate surface area is 136 Å². The predicted octanol–water partition coefficient (Wildman–Crippen LogP) is 3.98. The molecule has 1 N–H and O–H groups in total. The fraction of sp³-hybridized carbons (Fsp3) is 0.684. The lowest BCUT2D eigenvalue weighted by Gasteiger charge is -2.24. The van der Waals surface area contributed by atoms with Gasteiger partial charge >= 0.3 is 0 Å². The minimum absolute atomic E-state index is 0.352. The molecule has 0 heterocycles. The van der Waals surface area contributed by atoms with Crippen LogP contribution in [0.2, 0.25) is 0 Å². The summed E-state index contributed by atoms with van der Waals surface area (Å²) in [6.07, 6.45) is 1.79. The average Bonchev–Trinajstić information content (AvgIpc) is 2.45. The summed E-state index contributed by atoms with van der Waals surface area (Å²) in [5, 5.41) is 10.2. The molecule has 0 amide bonds. The molecule has 3 heteroatoms. The third kappa shape index (κ3) is 6.37. The Hall–Kier alpha value is -1.06. The fourth-order valence-corrected chi connectivity index (χ4v) is 2.86. The molecule has 0 bridgehead atoms. The van der Waals surface area contributed by atoms with Crippen molar-refractivity contribution >= 4 is 0 Å². The summed E-state index contributed by atoms with van der Waals surface area (Å²) in [5.74, 6) is 1.37. The quantitative estimate of drug-likeness (QED) is 0.709. The molecule has 0 aliphatic heterocycles. The molecule has 0 unspecified atom stereocenters. The zero-order valence-electron chi connectivity index (χ0n) is 14.9. The van der Waals surface area contributed by atoms with E-state index in [0.29, 0.717) is 19.1 Å². The molecule has 126 valence electrons. The van der Waals surface area contributed by atoms with Crippen molar-refractivity contribution in [3.63, 3.8) is 0 Å². The number of aliphatic hydroxyl groups excluding tert-OH is 1. The van der Waals surface area contributed by atoms with E-state index in [4.69, 9.17) is 4.74 Å². The van der Waals surface area contributed by atoms with E-state index in [1.807, 2.05) is 6.07 Å². The van der Waals surface area contributed by atoms with Crippen molar-refractivity contribution in [2.75, 3.05) is 26.2 Å². The molecule has 0 spiro atoms. The first-order valence-corrected chi connectivity index (χ1v) is 8.61. The first-order valence-electron chi connectivity index (χ1n) is 8.61. The largest absolute Gasteiger partial charge is 0.491 e. The summed E-state index contributed by atoms with van der Waals surface area (Å²) in [4.78, 5) is 2.31. The van der Waals surface area contributed by atoms with Crippen LogP contribution < -0.4 is 4.74 Å². The van der Waals surface area contributed by atoms with Crippen LogP contribution >= 0.6 is 0 Å². The number of aliphatic hydroxyl groups is 1. The maximum atomic E-state index is 10.2. The van der Waals surface area contributed by atoms with Gasteiger partial charge in [-0.2, -0.15) is 0 Å². The molecule has 0 saturated heterocycles. The van der Waals surface area contributed by atoms with Crippen LogP contribution in [0.1, 0.15) is 57.6 Å². The normalized spacial score (nSPS) is 12.9. The van der Waals surface area contributed by atoms with E-state index < -0.39 is 6.10 Å². The molecule has 0 fully saturated rings. The highest BCUT2D eigenvalue weighted by molar-refractivity contribution is 5.36. The molecule has 1 aromatic carbocycles. The molecule has 0 aromatic heterocycles. The molecular formula is C19H33NO2. The van der Waals surface area contributed by atoms with Crippen molar-refractivity contribution in [2.24, 2.45) is 0 Å². The van der Waals surface area contributed by atoms with Gasteiger partial charge in [-0.25, -0.2) is 0 Å². The van der Waals surface area contributed by atoms with Gasteiger partial charge in [-0.15, -0.1) is 0 Å². The van der Waals surface area contributed by atoms with Crippen molar-refractivity contribution < 1.29 is 9.84 Å². The second-order valence-corrected chi connectivity index (χ2v) is 6.44. The lowest BCUT2D eigenvalue weighted by molar-refractivity contribution is 0.0681. The van der Waals surface area contributed by atoms with Gasteiger partial charge in [0.05, 0.1) is 0 Å². The highest BCUT2D eigenvalue weighted by Gasteiger charge is 2.12. The highest BCUT2D eigenvalue weighted by atomic mass is 16.5. The number of aryl methyl sites for hydroxylation is 1. The molecule has 3 nitrogen and oxygen atoms in total. The molecule has 1 rings (SSSR count). The zero-order valence-corrected chi connectivity index (χ0v) is 14.9. The van der Waals surface area contributed by atoms with Crippen LogP contribution in [0.4, 0.5) is 0 Å². The summed E-state index contributed by atoms with van der Waals surface area (Å²) in [6, 6.07) is 6.20. The van der Waals surface area contributed by atoms with Gasteiger partial charge in [0.15, 0.2) is 0 Å². The van der Waals surface area contributed by atoms with Crippen molar-refractivity contribution in [3.05, 3.63) is 29.3 Å². The first-order chi connectivity index (χ1) is 10.5. The SMILES string of the molecule is CCCN(CCC)C[C@@H](O)COc1ccc(C(C)C)c(C)c1. The van der Waals surface area contributed by atoms with Crippen LogP contribution in [0.25, 0.3) is 0 Å².